The molecule has 378 valence electrons. The SMILES string of the molecule is CCCCC1(CCCC)c2ccccc2-c2ccc(N(c3ccc(-c4ccc(-c5ccc(/C=C6\C(=O)N(c7ccccc7)N=C6C(=O)[O-])s5)s4)cc3)c3ccc4c(c3)C(CCCC)(CCCC)c3ccccc3-4)cc21. The monoisotopic (exact) mass is 1020 g/mol. The zero-order valence-electron chi connectivity index (χ0n) is 43.5. The van der Waals surface area contributed by atoms with Crippen LogP contribution in [0.15, 0.2) is 174 Å². The fourth-order valence-electron chi connectivity index (χ4n) is 12.4. The zero-order valence-corrected chi connectivity index (χ0v) is 45.2. The highest BCUT2D eigenvalue weighted by Gasteiger charge is 2.44. The van der Waals surface area contributed by atoms with Gasteiger partial charge in [-0.3, -0.25) is 4.79 Å². The Morgan fingerprint density at radius 2 is 1.00 bits per heavy atom. The van der Waals surface area contributed by atoms with Gasteiger partial charge in [0.05, 0.1) is 17.2 Å². The molecule has 0 saturated carbocycles. The molecule has 0 bridgehead atoms. The lowest BCUT2D eigenvalue weighted by Gasteiger charge is -2.35. The van der Waals surface area contributed by atoms with Crippen molar-refractivity contribution in [1.29, 1.82) is 0 Å². The van der Waals surface area contributed by atoms with Crippen LogP contribution >= 0.6 is 22.7 Å². The predicted octanol–water partition coefficient (Wildman–Crippen LogP) is 17.4. The summed E-state index contributed by atoms with van der Waals surface area (Å²) in [5, 5.41) is 17.4. The summed E-state index contributed by atoms with van der Waals surface area (Å²) >= 11 is 3.23. The van der Waals surface area contributed by atoms with Crippen LogP contribution in [0.25, 0.3) is 48.5 Å². The van der Waals surface area contributed by atoms with Gasteiger partial charge in [0.25, 0.3) is 5.91 Å². The van der Waals surface area contributed by atoms with E-state index < -0.39 is 11.9 Å². The summed E-state index contributed by atoms with van der Waals surface area (Å²) < 4.78 is 0. The van der Waals surface area contributed by atoms with Gasteiger partial charge in [-0.1, -0.05) is 170 Å². The first kappa shape index (κ1) is 50.0. The molecule has 0 saturated heterocycles. The molecule has 6 aromatic carbocycles. The first-order chi connectivity index (χ1) is 36.7. The number of benzene rings is 6. The first-order valence-electron chi connectivity index (χ1n) is 27.2. The molecule has 1 aliphatic heterocycles. The van der Waals surface area contributed by atoms with E-state index in [-0.39, 0.29) is 22.1 Å². The van der Waals surface area contributed by atoms with Crippen molar-refractivity contribution >= 4 is 69.1 Å². The molecule has 75 heavy (non-hydrogen) atoms. The lowest BCUT2D eigenvalue weighted by molar-refractivity contribution is -0.294. The summed E-state index contributed by atoms with van der Waals surface area (Å²) in [6.45, 7) is 9.30. The summed E-state index contributed by atoms with van der Waals surface area (Å²) in [5.74, 6) is -1.99. The predicted molar refractivity (Wildman–Crippen MR) is 313 cm³/mol. The second-order valence-electron chi connectivity index (χ2n) is 20.6. The molecule has 3 heterocycles. The molecule has 0 fully saturated rings. The number of nitrogens with zero attached hydrogens (tertiary/aromatic N) is 3. The highest BCUT2D eigenvalue weighted by molar-refractivity contribution is 7.24. The van der Waals surface area contributed by atoms with Gasteiger partial charge in [-0.25, -0.2) is 0 Å². The van der Waals surface area contributed by atoms with Crippen molar-refractivity contribution in [2.75, 3.05) is 9.91 Å². The van der Waals surface area contributed by atoms with Crippen LogP contribution < -0.4 is 15.0 Å². The lowest BCUT2D eigenvalue weighted by Crippen LogP contribution is -2.32. The lowest BCUT2D eigenvalue weighted by atomic mass is 9.70. The Morgan fingerprint density at radius 1 is 0.533 bits per heavy atom. The van der Waals surface area contributed by atoms with Crippen molar-refractivity contribution in [3.63, 3.8) is 0 Å². The highest BCUT2D eigenvalue weighted by Crippen LogP contribution is 2.58. The van der Waals surface area contributed by atoms with Crippen molar-refractivity contribution in [3.8, 4) is 42.4 Å². The number of rotatable bonds is 20. The summed E-state index contributed by atoms with van der Waals surface area (Å²) in [5.41, 5.74) is 16.1. The van der Waals surface area contributed by atoms with Crippen LogP contribution in [-0.2, 0) is 20.4 Å². The van der Waals surface area contributed by atoms with Gasteiger partial charge in [0.1, 0.15) is 5.71 Å². The summed E-state index contributed by atoms with van der Waals surface area (Å²) in [6, 6.07) is 59.4. The Kier molecular flexibility index (Phi) is 14.2. The van der Waals surface area contributed by atoms with Crippen molar-refractivity contribution < 1.29 is 14.7 Å². The van der Waals surface area contributed by atoms with Crippen molar-refractivity contribution in [1.82, 2.24) is 0 Å². The van der Waals surface area contributed by atoms with Crippen LogP contribution in [0.2, 0.25) is 0 Å². The van der Waals surface area contributed by atoms with E-state index in [0.29, 0.717) is 5.69 Å². The Morgan fingerprint density at radius 3 is 1.53 bits per heavy atom. The number of unbranched alkanes of at least 4 members (excludes halogenated alkanes) is 4. The third kappa shape index (κ3) is 9.00. The summed E-state index contributed by atoms with van der Waals surface area (Å²) in [6.07, 6.45) is 15.5. The van der Waals surface area contributed by atoms with Crippen molar-refractivity contribution in [3.05, 3.63) is 196 Å². The van der Waals surface area contributed by atoms with E-state index in [1.807, 2.05) is 18.2 Å². The molecule has 11 rings (SSSR count). The maximum Gasteiger partial charge on any atom is 0.281 e. The van der Waals surface area contributed by atoms with Crippen molar-refractivity contribution in [2.45, 2.75) is 116 Å². The minimum Gasteiger partial charge on any atom is -0.543 e. The minimum absolute atomic E-state index is 0.00263. The Balaban J connectivity index is 0.975. The Hall–Kier alpha value is -7.13. The maximum atomic E-state index is 13.5. The fourth-order valence-corrected chi connectivity index (χ4v) is 14.5. The number of aliphatic carboxylic acids is 1. The minimum atomic E-state index is -1.49. The van der Waals surface area contributed by atoms with Crippen LogP contribution in [0.4, 0.5) is 22.7 Å². The highest BCUT2D eigenvalue weighted by atomic mass is 32.1. The van der Waals surface area contributed by atoms with E-state index >= 15 is 0 Å². The van der Waals surface area contributed by atoms with Crippen LogP contribution in [0.1, 0.15) is 132 Å². The third-order valence-electron chi connectivity index (χ3n) is 16.1. The molecule has 0 spiro atoms. The normalized spacial score (nSPS) is 15.2. The van der Waals surface area contributed by atoms with Gasteiger partial charge >= 0.3 is 0 Å². The number of carbonyl (C=O) groups is 2. The quantitative estimate of drug-likeness (QED) is 0.0713. The van der Waals surface area contributed by atoms with E-state index in [9.17, 15) is 14.7 Å². The Labute approximate surface area is 450 Å². The number of hydrogen-bond acceptors (Lipinski definition) is 7. The second-order valence-corrected chi connectivity index (χ2v) is 22.8. The van der Waals surface area contributed by atoms with Crippen LogP contribution in [-0.4, -0.2) is 17.6 Å². The second kappa shape index (κ2) is 21.2. The van der Waals surface area contributed by atoms with Crippen molar-refractivity contribution in [2.24, 2.45) is 5.10 Å². The topological polar surface area (TPSA) is 76.0 Å². The molecule has 0 unspecified atom stereocenters. The van der Waals surface area contributed by atoms with E-state index in [0.717, 1.165) is 87.1 Å². The number of hydrazone groups is 1. The van der Waals surface area contributed by atoms with Gasteiger partial charge < -0.3 is 14.8 Å². The molecule has 6 nitrogen and oxygen atoms in total. The van der Waals surface area contributed by atoms with Gasteiger partial charge in [0.15, 0.2) is 0 Å². The number of para-hydroxylation sites is 1. The molecule has 8 aromatic rings. The van der Waals surface area contributed by atoms with Crippen LogP contribution in [0.5, 0.6) is 0 Å². The summed E-state index contributed by atoms with van der Waals surface area (Å²) in [7, 11) is 0. The standard InChI is InChI=1S/C67H65N3O3S2/c1-5-9-38-66(39-10-6-2)56-24-18-16-22-51(56)53-33-30-48(42-58(53)66)69(49-31-34-54-52-23-17-19-25-57(52)67(40-11-7-3,41-12-8-4)59(54)43-49)46-28-26-45(27-29-46)60-36-37-62(75-60)61-35-32-50(74-61)44-55-63(65(72)73)68-70(64(55)71)47-20-14-13-15-21-47/h13-37,42-44H,5-12,38-41H2,1-4H3,(H,72,73)/p-1/b55-44-. The molecule has 2 aliphatic carbocycles. The largest absolute Gasteiger partial charge is 0.543 e. The van der Waals surface area contributed by atoms with E-state index in [4.69, 9.17) is 0 Å². The summed E-state index contributed by atoms with van der Waals surface area (Å²) in [4.78, 5) is 32.2. The van der Waals surface area contributed by atoms with Gasteiger partial charge in [0, 0.05) is 47.4 Å². The Bertz CT molecular complexity index is 3340. The van der Waals surface area contributed by atoms with Gasteiger partial charge in [-0.15, -0.1) is 22.7 Å². The molecule has 8 heteroatoms. The molecule has 2 aromatic heterocycles. The number of carboxylic acid groups (broad SMARTS) is 1. The molecule has 0 N–H and O–H groups in total. The number of amides is 1. The number of carbonyl (C=O) groups excluding carboxylic acids is 2. The third-order valence-corrected chi connectivity index (χ3v) is 18.5. The maximum absolute atomic E-state index is 13.5. The molecule has 1 amide bonds. The molecule has 3 aliphatic rings. The molecular weight excluding hydrogens is 959 g/mol. The number of anilines is 4. The van der Waals surface area contributed by atoms with E-state index in [2.05, 4.69) is 159 Å². The average Bonchev–Trinajstić information content (AvgIpc) is 4.33. The number of carboxylic acids is 1. The fraction of sp³-hybridized carbons (Fsp3) is 0.269. The number of hydrogen-bond donors (Lipinski definition) is 0. The first-order valence-corrected chi connectivity index (χ1v) is 28.9. The molecule has 0 atom stereocenters. The molecular formula is C67H64N3O3S2-. The number of fused-ring (bicyclic) bond motifs is 6. The zero-order chi connectivity index (χ0) is 51.7. The number of thiophene rings is 2. The van der Waals surface area contributed by atoms with Gasteiger partial charge in [0.2, 0.25) is 0 Å². The molecule has 0 radical (unpaired) electrons. The van der Waals surface area contributed by atoms with E-state index in [1.54, 1.807) is 41.7 Å². The van der Waals surface area contributed by atoms with E-state index in [1.165, 1.54) is 92.9 Å². The van der Waals surface area contributed by atoms with Crippen LogP contribution in [0, 0.1) is 0 Å². The van der Waals surface area contributed by atoms with Gasteiger partial charge in [-0.2, -0.15) is 10.1 Å². The van der Waals surface area contributed by atoms with Crippen LogP contribution in [0.3, 0.4) is 0 Å². The van der Waals surface area contributed by atoms with Gasteiger partial charge in [-0.05, 0) is 155 Å². The smallest absolute Gasteiger partial charge is 0.281 e. The average molecular weight is 1020 g/mol.